The Morgan fingerprint density at radius 1 is 1.00 bits per heavy atom. The van der Waals surface area contributed by atoms with Crippen molar-refractivity contribution in [2.45, 2.75) is 0 Å². The Morgan fingerprint density at radius 3 is 1.79 bits per heavy atom. The first-order chi connectivity index (χ1) is 6.52. The van der Waals surface area contributed by atoms with E-state index in [1.807, 2.05) is 0 Å². The van der Waals surface area contributed by atoms with Gasteiger partial charge >= 0.3 is 6.08 Å². The van der Waals surface area contributed by atoms with Crippen LogP contribution in [0.5, 0.6) is 0 Å². The summed E-state index contributed by atoms with van der Waals surface area (Å²) in [6.45, 7) is 0. The standard InChI is InChI=1S/C9H5F3O2/c10-7(8(11)12)5-1-3-6(4-2-5)9(13)14/h1-4H,(H,13,14)/p-1. The maximum absolute atomic E-state index is 12.6. The highest BCUT2D eigenvalue weighted by atomic mass is 19.3. The van der Waals surface area contributed by atoms with Crippen LogP contribution in [0.4, 0.5) is 13.2 Å². The first-order valence-corrected chi connectivity index (χ1v) is 3.55. The molecular formula is C9H4F3O2-. The minimum atomic E-state index is -2.44. The van der Waals surface area contributed by atoms with Crippen LogP contribution in [0.25, 0.3) is 5.83 Å². The van der Waals surface area contributed by atoms with Crippen LogP contribution in [0.1, 0.15) is 15.9 Å². The number of halogens is 3. The van der Waals surface area contributed by atoms with Crippen LogP contribution < -0.4 is 5.11 Å². The summed E-state index contributed by atoms with van der Waals surface area (Å²) in [5.41, 5.74) is -0.559. The molecule has 0 radical (unpaired) electrons. The molecule has 0 amide bonds. The van der Waals surface area contributed by atoms with Crippen molar-refractivity contribution >= 4 is 11.8 Å². The average Bonchev–Trinajstić information content (AvgIpc) is 2.16. The summed E-state index contributed by atoms with van der Waals surface area (Å²) in [5.74, 6) is -3.10. The lowest BCUT2D eigenvalue weighted by molar-refractivity contribution is -0.255. The van der Waals surface area contributed by atoms with Crippen molar-refractivity contribution in [2.24, 2.45) is 0 Å². The number of benzene rings is 1. The molecule has 74 valence electrons. The second-order valence-electron chi connectivity index (χ2n) is 2.44. The molecule has 0 aliphatic heterocycles. The Morgan fingerprint density at radius 2 is 1.43 bits per heavy atom. The number of hydrogen-bond acceptors (Lipinski definition) is 2. The van der Waals surface area contributed by atoms with Crippen LogP contribution in [0.2, 0.25) is 0 Å². The lowest BCUT2D eigenvalue weighted by Gasteiger charge is -2.02. The third-order valence-corrected chi connectivity index (χ3v) is 1.54. The maximum Gasteiger partial charge on any atom is 0.306 e. The van der Waals surface area contributed by atoms with Gasteiger partial charge in [-0.05, 0) is 5.56 Å². The van der Waals surface area contributed by atoms with E-state index in [1.54, 1.807) is 0 Å². The minimum Gasteiger partial charge on any atom is -0.545 e. The van der Waals surface area contributed by atoms with E-state index in [1.165, 1.54) is 0 Å². The van der Waals surface area contributed by atoms with Gasteiger partial charge in [-0.3, -0.25) is 0 Å². The molecule has 14 heavy (non-hydrogen) atoms. The number of hydrogen-bond donors (Lipinski definition) is 0. The Balaban J connectivity index is 3.06. The molecule has 0 heterocycles. The van der Waals surface area contributed by atoms with Crippen LogP contribution in [-0.4, -0.2) is 5.97 Å². The molecule has 0 spiro atoms. The van der Waals surface area contributed by atoms with E-state index in [4.69, 9.17) is 0 Å². The molecule has 0 saturated carbocycles. The van der Waals surface area contributed by atoms with Crippen molar-refractivity contribution in [3.8, 4) is 0 Å². The molecular weight excluding hydrogens is 197 g/mol. The molecule has 1 aromatic carbocycles. The van der Waals surface area contributed by atoms with Gasteiger partial charge in [0.05, 0.1) is 5.97 Å². The van der Waals surface area contributed by atoms with Gasteiger partial charge in [0.15, 0.2) is 5.83 Å². The number of aromatic carboxylic acids is 1. The summed E-state index contributed by atoms with van der Waals surface area (Å²) in [5, 5.41) is 10.3. The van der Waals surface area contributed by atoms with Crippen LogP contribution in [0, 0.1) is 0 Å². The van der Waals surface area contributed by atoms with E-state index < -0.39 is 17.9 Å². The van der Waals surface area contributed by atoms with Gasteiger partial charge in [0.2, 0.25) is 0 Å². The Hall–Kier alpha value is -1.78. The van der Waals surface area contributed by atoms with E-state index >= 15 is 0 Å². The zero-order chi connectivity index (χ0) is 10.7. The van der Waals surface area contributed by atoms with Crippen molar-refractivity contribution < 1.29 is 23.1 Å². The fraction of sp³-hybridized carbons (Fsp3) is 0. The van der Waals surface area contributed by atoms with Crippen molar-refractivity contribution in [3.05, 3.63) is 41.5 Å². The molecule has 0 aromatic heterocycles. The fourth-order valence-electron chi connectivity index (χ4n) is 0.862. The highest BCUT2D eigenvalue weighted by Crippen LogP contribution is 2.21. The molecule has 0 unspecified atom stereocenters. The third-order valence-electron chi connectivity index (χ3n) is 1.54. The summed E-state index contributed by atoms with van der Waals surface area (Å²) < 4.78 is 36.1. The lowest BCUT2D eigenvalue weighted by Crippen LogP contribution is -2.21. The number of carbonyl (C=O) groups is 1. The van der Waals surface area contributed by atoms with E-state index in [-0.39, 0.29) is 11.1 Å². The Bertz CT molecular complexity index is 378. The summed E-state index contributed by atoms with van der Waals surface area (Å²) in [6.07, 6.45) is -2.44. The first-order valence-electron chi connectivity index (χ1n) is 3.55. The average molecular weight is 201 g/mol. The van der Waals surface area contributed by atoms with Gasteiger partial charge in [0, 0.05) is 5.56 Å². The van der Waals surface area contributed by atoms with Crippen molar-refractivity contribution in [1.82, 2.24) is 0 Å². The van der Waals surface area contributed by atoms with Gasteiger partial charge < -0.3 is 9.90 Å². The normalized spacial score (nSPS) is 9.64. The van der Waals surface area contributed by atoms with Crippen LogP contribution in [-0.2, 0) is 0 Å². The van der Waals surface area contributed by atoms with Crippen molar-refractivity contribution in [1.29, 1.82) is 0 Å². The zero-order valence-corrected chi connectivity index (χ0v) is 6.76. The van der Waals surface area contributed by atoms with Gasteiger partial charge in [-0.15, -0.1) is 0 Å². The van der Waals surface area contributed by atoms with Gasteiger partial charge in [0.25, 0.3) is 0 Å². The zero-order valence-electron chi connectivity index (χ0n) is 6.76. The van der Waals surface area contributed by atoms with Gasteiger partial charge in [0.1, 0.15) is 0 Å². The van der Waals surface area contributed by atoms with Crippen LogP contribution in [0.15, 0.2) is 30.3 Å². The van der Waals surface area contributed by atoms with Crippen molar-refractivity contribution in [2.75, 3.05) is 0 Å². The summed E-state index contributed by atoms with van der Waals surface area (Å²) in [4.78, 5) is 10.3. The Kier molecular flexibility index (Phi) is 2.91. The SMILES string of the molecule is O=C([O-])c1ccc(C(F)=C(F)F)cc1. The van der Waals surface area contributed by atoms with E-state index in [0.29, 0.717) is 0 Å². The molecule has 0 bridgehead atoms. The topological polar surface area (TPSA) is 40.1 Å². The summed E-state index contributed by atoms with van der Waals surface area (Å²) in [6, 6.07) is 3.87. The molecule has 0 atom stereocenters. The van der Waals surface area contributed by atoms with E-state index in [2.05, 4.69) is 0 Å². The number of carbonyl (C=O) groups excluding carboxylic acids is 1. The third kappa shape index (κ3) is 2.12. The van der Waals surface area contributed by atoms with Gasteiger partial charge in [-0.2, -0.15) is 8.78 Å². The van der Waals surface area contributed by atoms with E-state index in [9.17, 15) is 23.1 Å². The monoisotopic (exact) mass is 201 g/mol. The van der Waals surface area contributed by atoms with Crippen molar-refractivity contribution in [3.63, 3.8) is 0 Å². The smallest absolute Gasteiger partial charge is 0.306 e. The summed E-state index contributed by atoms with van der Waals surface area (Å²) >= 11 is 0. The molecule has 0 N–H and O–H groups in total. The molecule has 0 aliphatic carbocycles. The molecule has 5 heteroatoms. The fourth-order valence-corrected chi connectivity index (χ4v) is 0.862. The second kappa shape index (κ2) is 3.95. The molecule has 2 nitrogen and oxygen atoms in total. The number of rotatable bonds is 2. The largest absolute Gasteiger partial charge is 0.545 e. The summed E-state index contributed by atoms with van der Waals surface area (Å²) in [7, 11) is 0. The molecule has 0 fully saturated rings. The molecule has 0 saturated heterocycles. The molecule has 1 aromatic rings. The second-order valence-corrected chi connectivity index (χ2v) is 2.44. The minimum absolute atomic E-state index is 0.194. The van der Waals surface area contributed by atoms with Gasteiger partial charge in [-0.25, -0.2) is 4.39 Å². The predicted octanol–water partition coefficient (Wildman–Crippen LogP) is 1.58. The molecule has 1 rings (SSSR count). The number of carboxylic acid groups (broad SMARTS) is 1. The van der Waals surface area contributed by atoms with Gasteiger partial charge in [-0.1, -0.05) is 24.3 Å². The van der Waals surface area contributed by atoms with E-state index in [0.717, 1.165) is 24.3 Å². The number of carboxylic acids is 1. The Labute approximate surface area is 77.3 Å². The quantitative estimate of drug-likeness (QED) is 0.728. The highest BCUT2D eigenvalue weighted by Gasteiger charge is 2.07. The predicted molar refractivity (Wildman–Crippen MR) is 41.0 cm³/mol. The maximum atomic E-state index is 12.6. The molecule has 0 aliphatic rings. The van der Waals surface area contributed by atoms with Crippen LogP contribution >= 0.6 is 0 Å². The van der Waals surface area contributed by atoms with Crippen LogP contribution in [0.3, 0.4) is 0 Å². The highest BCUT2D eigenvalue weighted by molar-refractivity contribution is 5.86. The first kappa shape index (κ1) is 10.3. The lowest BCUT2D eigenvalue weighted by atomic mass is 10.1.